The minimum absolute atomic E-state index is 0.102. The van der Waals surface area contributed by atoms with Gasteiger partial charge < -0.3 is 5.32 Å². The number of hydrogen-bond donors (Lipinski definition) is 1. The predicted molar refractivity (Wildman–Crippen MR) is 101 cm³/mol. The number of carbonyl (C=O) groups is 1. The fraction of sp³-hybridized carbons (Fsp3) is 0.118. The molecule has 0 aliphatic heterocycles. The van der Waals surface area contributed by atoms with Gasteiger partial charge in [0.25, 0.3) is 0 Å². The highest BCUT2D eigenvalue weighted by molar-refractivity contribution is 8.01. The van der Waals surface area contributed by atoms with Crippen LogP contribution in [0.4, 0.5) is 5.69 Å². The lowest BCUT2D eigenvalue weighted by Gasteiger charge is -2.04. The summed E-state index contributed by atoms with van der Waals surface area (Å²) in [6.07, 6.45) is 0. The van der Waals surface area contributed by atoms with Crippen LogP contribution in [0.3, 0.4) is 0 Å². The molecule has 0 saturated carbocycles. The van der Waals surface area contributed by atoms with Crippen LogP contribution in [0.5, 0.6) is 0 Å². The molecule has 2 aromatic carbocycles. The average molecular weight is 376 g/mol. The van der Waals surface area contributed by atoms with Gasteiger partial charge in [0.2, 0.25) is 5.91 Å². The lowest BCUT2D eigenvalue weighted by Crippen LogP contribution is -2.13. The van der Waals surface area contributed by atoms with Crippen LogP contribution in [-0.2, 0) is 4.79 Å². The third-order valence-electron chi connectivity index (χ3n) is 3.12. The predicted octanol–water partition coefficient (Wildman–Crippen LogP) is 4.90. The molecule has 1 amide bonds. The molecule has 4 nitrogen and oxygen atoms in total. The molecule has 0 bridgehead atoms. The molecule has 0 aliphatic rings. The van der Waals surface area contributed by atoms with E-state index in [0.717, 1.165) is 15.5 Å². The average Bonchev–Trinajstić information content (AvgIpc) is 3.02. The lowest BCUT2D eigenvalue weighted by atomic mass is 10.1. The number of halogens is 1. The SMILES string of the molecule is Cc1cccc(-c2nsc(SCC(=O)Nc3cccc(Cl)c3)n2)c1. The summed E-state index contributed by atoms with van der Waals surface area (Å²) in [6, 6.07) is 15.1. The topological polar surface area (TPSA) is 54.9 Å². The molecule has 0 aliphatic carbocycles. The Hall–Kier alpha value is -1.89. The number of anilines is 1. The van der Waals surface area contributed by atoms with Crippen LogP contribution in [0.1, 0.15) is 5.56 Å². The Kier molecular flexibility index (Phi) is 5.50. The Morgan fingerprint density at radius 3 is 2.88 bits per heavy atom. The number of benzene rings is 2. The van der Waals surface area contributed by atoms with Gasteiger partial charge in [0.1, 0.15) is 0 Å². The highest BCUT2D eigenvalue weighted by Gasteiger charge is 2.10. The van der Waals surface area contributed by atoms with E-state index in [9.17, 15) is 4.79 Å². The van der Waals surface area contributed by atoms with Gasteiger partial charge in [-0.05, 0) is 42.7 Å². The van der Waals surface area contributed by atoms with E-state index < -0.39 is 0 Å². The highest BCUT2D eigenvalue weighted by atomic mass is 35.5. The second kappa shape index (κ2) is 7.79. The van der Waals surface area contributed by atoms with Gasteiger partial charge in [0.05, 0.1) is 5.75 Å². The molecule has 1 N–H and O–H groups in total. The van der Waals surface area contributed by atoms with Crippen LogP contribution >= 0.6 is 34.9 Å². The zero-order chi connectivity index (χ0) is 16.9. The van der Waals surface area contributed by atoms with Crippen LogP contribution in [-0.4, -0.2) is 21.0 Å². The van der Waals surface area contributed by atoms with Crippen molar-refractivity contribution in [3.8, 4) is 11.4 Å². The van der Waals surface area contributed by atoms with E-state index in [0.29, 0.717) is 16.5 Å². The van der Waals surface area contributed by atoms with Gasteiger partial charge in [0.15, 0.2) is 10.2 Å². The largest absolute Gasteiger partial charge is 0.325 e. The first-order chi connectivity index (χ1) is 11.6. The van der Waals surface area contributed by atoms with E-state index in [2.05, 4.69) is 14.7 Å². The first-order valence-corrected chi connectivity index (χ1v) is 9.33. The Balaban J connectivity index is 1.58. The summed E-state index contributed by atoms with van der Waals surface area (Å²) in [5.74, 6) is 0.866. The minimum atomic E-state index is -0.102. The Bertz CT molecular complexity index is 866. The molecule has 3 aromatic rings. The van der Waals surface area contributed by atoms with Crippen LogP contribution in [0.15, 0.2) is 52.9 Å². The molecule has 0 unspecified atom stereocenters. The smallest absolute Gasteiger partial charge is 0.234 e. The zero-order valence-corrected chi connectivity index (χ0v) is 15.2. The summed E-state index contributed by atoms with van der Waals surface area (Å²) in [7, 11) is 0. The van der Waals surface area contributed by atoms with E-state index in [1.54, 1.807) is 24.3 Å². The Labute approximate surface area is 153 Å². The van der Waals surface area contributed by atoms with E-state index >= 15 is 0 Å². The number of nitrogens with one attached hydrogen (secondary N) is 1. The van der Waals surface area contributed by atoms with Crippen molar-refractivity contribution < 1.29 is 4.79 Å². The van der Waals surface area contributed by atoms with Crippen molar-refractivity contribution in [3.63, 3.8) is 0 Å². The summed E-state index contributed by atoms with van der Waals surface area (Å²) in [4.78, 5) is 16.5. The summed E-state index contributed by atoms with van der Waals surface area (Å²) >= 11 is 8.57. The maximum absolute atomic E-state index is 12.0. The van der Waals surface area contributed by atoms with Gasteiger partial charge in [-0.1, -0.05) is 53.2 Å². The summed E-state index contributed by atoms with van der Waals surface area (Å²) < 4.78 is 5.13. The van der Waals surface area contributed by atoms with Gasteiger partial charge >= 0.3 is 0 Å². The number of amides is 1. The number of aromatic nitrogens is 2. The molecule has 0 spiro atoms. The van der Waals surface area contributed by atoms with Gasteiger partial charge in [-0.3, -0.25) is 4.79 Å². The molecule has 122 valence electrons. The number of rotatable bonds is 5. The summed E-state index contributed by atoms with van der Waals surface area (Å²) in [5, 5.41) is 3.40. The van der Waals surface area contributed by atoms with Gasteiger partial charge in [-0.25, -0.2) is 4.98 Å². The van der Waals surface area contributed by atoms with Crippen molar-refractivity contribution in [2.75, 3.05) is 11.1 Å². The van der Waals surface area contributed by atoms with Gasteiger partial charge in [-0.15, -0.1) is 0 Å². The van der Waals surface area contributed by atoms with E-state index in [4.69, 9.17) is 11.6 Å². The number of aryl methyl sites for hydroxylation is 1. The van der Waals surface area contributed by atoms with Crippen molar-refractivity contribution >= 4 is 46.5 Å². The van der Waals surface area contributed by atoms with Crippen LogP contribution in [0.2, 0.25) is 5.02 Å². The maximum atomic E-state index is 12.0. The number of carbonyl (C=O) groups excluding carboxylic acids is 1. The quantitative estimate of drug-likeness (QED) is 0.644. The van der Waals surface area contributed by atoms with Crippen molar-refractivity contribution in [1.82, 2.24) is 9.36 Å². The molecule has 1 heterocycles. The Morgan fingerprint density at radius 2 is 2.08 bits per heavy atom. The standard InChI is InChI=1S/C17H14ClN3OS2/c1-11-4-2-5-12(8-11)16-20-17(24-21-16)23-10-15(22)19-14-7-3-6-13(18)9-14/h2-9H,10H2,1H3,(H,19,22). The first-order valence-electron chi connectivity index (χ1n) is 7.19. The van der Waals surface area contributed by atoms with Crippen LogP contribution in [0.25, 0.3) is 11.4 Å². The minimum Gasteiger partial charge on any atom is -0.325 e. The second-order valence-electron chi connectivity index (χ2n) is 5.10. The van der Waals surface area contributed by atoms with E-state index in [-0.39, 0.29) is 11.7 Å². The first kappa shape index (κ1) is 17.0. The molecule has 0 saturated heterocycles. The van der Waals surface area contributed by atoms with Crippen molar-refractivity contribution in [2.45, 2.75) is 11.3 Å². The number of nitrogens with zero attached hydrogens (tertiary/aromatic N) is 2. The molecule has 7 heteroatoms. The molecular weight excluding hydrogens is 362 g/mol. The lowest BCUT2D eigenvalue weighted by molar-refractivity contribution is -0.113. The highest BCUT2D eigenvalue weighted by Crippen LogP contribution is 2.26. The number of thioether (sulfide) groups is 1. The molecule has 1 aromatic heterocycles. The van der Waals surface area contributed by atoms with Crippen molar-refractivity contribution in [1.29, 1.82) is 0 Å². The molecule has 3 rings (SSSR count). The summed E-state index contributed by atoms with van der Waals surface area (Å²) in [6.45, 7) is 2.03. The molecule has 24 heavy (non-hydrogen) atoms. The second-order valence-corrected chi connectivity index (χ2v) is 7.51. The fourth-order valence-electron chi connectivity index (χ4n) is 2.06. The van der Waals surface area contributed by atoms with E-state index in [1.165, 1.54) is 23.3 Å². The van der Waals surface area contributed by atoms with Crippen molar-refractivity contribution in [2.24, 2.45) is 0 Å². The monoisotopic (exact) mass is 375 g/mol. The summed E-state index contributed by atoms with van der Waals surface area (Å²) in [5.41, 5.74) is 2.84. The van der Waals surface area contributed by atoms with Gasteiger partial charge in [-0.2, -0.15) is 4.37 Å². The van der Waals surface area contributed by atoms with E-state index in [1.807, 2.05) is 31.2 Å². The maximum Gasteiger partial charge on any atom is 0.234 e. The number of hydrogen-bond acceptors (Lipinski definition) is 5. The molecule has 0 atom stereocenters. The third-order valence-corrected chi connectivity index (χ3v) is 5.19. The molecule has 0 fully saturated rings. The zero-order valence-electron chi connectivity index (χ0n) is 12.8. The third kappa shape index (κ3) is 4.56. The Morgan fingerprint density at radius 1 is 1.25 bits per heavy atom. The molecular formula is C17H14ClN3OS2. The van der Waals surface area contributed by atoms with Crippen LogP contribution in [0, 0.1) is 6.92 Å². The van der Waals surface area contributed by atoms with Gasteiger partial charge in [0, 0.05) is 16.3 Å². The fourth-order valence-corrected chi connectivity index (χ4v) is 3.67. The molecule has 0 radical (unpaired) electrons. The normalized spacial score (nSPS) is 10.6. The van der Waals surface area contributed by atoms with Crippen LogP contribution < -0.4 is 5.32 Å². The van der Waals surface area contributed by atoms with Crippen molar-refractivity contribution in [3.05, 3.63) is 59.1 Å².